The van der Waals surface area contributed by atoms with Crippen LogP contribution in [0.15, 0.2) is 243 Å². The number of hydrogen-bond acceptors (Lipinski definition) is 2. The molecule has 0 unspecified atom stereocenters. The topological polar surface area (TPSA) is 6.48 Å². The molecule has 68 heavy (non-hydrogen) atoms. The molecule has 12 rings (SSSR count). The average molecular weight is 873 g/mol. The second kappa shape index (κ2) is 16.3. The predicted molar refractivity (Wildman–Crippen MR) is 287 cm³/mol. The van der Waals surface area contributed by atoms with Crippen LogP contribution in [0, 0.1) is 0 Å². The maximum absolute atomic E-state index is 2.50. The van der Waals surface area contributed by atoms with Crippen molar-refractivity contribution in [3.8, 4) is 55.6 Å². The molecule has 2 aliphatic rings. The first kappa shape index (κ1) is 41.2. The van der Waals surface area contributed by atoms with Gasteiger partial charge in [0.15, 0.2) is 0 Å². The second-order valence-electron chi connectivity index (χ2n) is 19.4. The summed E-state index contributed by atoms with van der Waals surface area (Å²) in [6.07, 6.45) is 0. The van der Waals surface area contributed by atoms with Crippen LogP contribution >= 0.6 is 0 Å². The normalized spacial score (nSPS) is 14.1. The lowest BCUT2D eigenvalue weighted by Gasteiger charge is -2.43. The van der Waals surface area contributed by atoms with E-state index < -0.39 is 0 Å². The Labute approximate surface area is 401 Å². The van der Waals surface area contributed by atoms with Crippen LogP contribution in [0.4, 0.5) is 34.1 Å². The summed E-state index contributed by atoms with van der Waals surface area (Å²) in [7, 11) is 0. The molecule has 0 aromatic heterocycles. The van der Waals surface area contributed by atoms with Gasteiger partial charge in [0.05, 0.1) is 22.7 Å². The molecule has 326 valence electrons. The van der Waals surface area contributed by atoms with Crippen LogP contribution in [0.1, 0.15) is 49.9 Å². The Bertz CT molecular complexity index is 3150. The Hall–Kier alpha value is -8.20. The lowest BCUT2D eigenvalue weighted by molar-refractivity contribution is 0.631. The highest BCUT2D eigenvalue weighted by atomic mass is 15.2. The van der Waals surface area contributed by atoms with E-state index in [2.05, 4.69) is 280 Å². The Morgan fingerprint density at radius 2 is 0.500 bits per heavy atom. The fourth-order valence-electron chi connectivity index (χ4n) is 11.0. The first-order valence-corrected chi connectivity index (χ1v) is 23.8. The monoisotopic (exact) mass is 872 g/mol. The van der Waals surface area contributed by atoms with Gasteiger partial charge in [-0.1, -0.05) is 198 Å². The van der Waals surface area contributed by atoms with Gasteiger partial charge < -0.3 is 9.80 Å². The number of fused-ring (bicyclic) bond motifs is 4. The van der Waals surface area contributed by atoms with E-state index in [4.69, 9.17) is 0 Å². The van der Waals surface area contributed by atoms with Gasteiger partial charge in [0, 0.05) is 22.2 Å². The molecule has 0 N–H and O–H groups in total. The molecule has 0 aliphatic carbocycles. The van der Waals surface area contributed by atoms with Crippen LogP contribution in [0.3, 0.4) is 0 Å². The molecule has 0 bridgehead atoms. The number of hydrogen-bond donors (Lipinski definition) is 0. The van der Waals surface area contributed by atoms with Gasteiger partial charge in [-0.25, -0.2) is 0 Å². The molecule has 0 saturated carbocycles. The van der Waals surface area contributed by atoms with Crippen molar-refractivity contribution >= 4 is 34.1 Å². The summed E-state index contributed by atoms with van der Waals surface area (Å²) in [5.74, 6) is 0. The molecule has 0 fully saturated rings. The third-order valence-corrected chi connectivity index (χ3v) is 14.6. The smallest absolute Gasteiger partial charge is 0.0503 e. The summed E-state index contributed by atoms with van der Waals surface area (Å²) in [6.45, 7) is 9.55. The van der Waals surface area contributed by atoms with E-state index in [1.165, 1.54) is 101 Å². The van der Waals surface area contributed by atoms with E-state index in [1.54, 1.807) is 0 Å². The highest BCUT2D eigenvalue weighted by Gasteiger charge is 2.39. The fraction of sp³-hybridized carbons (Fsp3) is 0.0909. The van der Waals surface area contributed by atoms with Crippen LogP contribution < -0.4 is 9.80 Å². The van der Waals surface area contributed by atoms with Crippen molar-refractivity contribution in [1.29, 1.82) is 0 Å². The van der Waals surface area contributed by atoms with Crippen molar-refractivity contribution in [3.05, 3.63) is 265 Å². The molecule has 2 heterocycles. The summed E-state index contributed by atoms with van der Waals surface area (Å²) in [6, 6.07) is 89.5. The zero-order chi connectivity index (χ0) is 46.0. The third-order valence-electron chi connectivity index (χ3n) is 14.6. The molecular weight excluding hydrogens is 821 g/mol. The third kappa shape index (κ3) is 6.95. The minimum atomic E-state index is -0.263. The first-order valence-electron chi connectivity index (χ1n) is 23.8. The summed E-state index contributed by atoms with van der Waals surface area (Å²) < 4.78 is 0. The standard InChI is InChI=1S/C66H52N2/c1-65(2)57-29-17-19-31-61(57)67(55-39-51(45-21-9-5-10-22-45)37-52(40-55)46-23-11-6-12-24-46)63-35-33-49(43-59(63)65)50-34-36-64-60(44-50)66(3,4)58-30-18-20-32-62(58)68(64)56-41-53(47-25-13-7-14-26-47)38-54(42-56)48-27-15-8-16-28-48/h5-44H,1-4H3. The summed E-state index contributed by atoms with van der Waals surface area (Å²) in [5.41, 5.74) is 23.8. The zero-order valence-electron chi connectivity index (χ0n) is 39.0. The van der Waals surface area contributed by atoms with Crippen LogP contribution in [0.25, 0.3) is 55.6 Å². The van der Waals surface area contributed by atoms with Gasteiger partial charge in [-0.15, -0.1) is 0 Å². The van der Waals surface area contributed by atoms with E-state index in [0.717, 1.165) is 11.4 Å². The highest BCUT2D eigenvalue weighted by molar-refractivity contribution is 5.93. The van der Waals surface area contributed by atoms with E-state index in [9.17, 15) is 0 Å². The number of rotatable bonds is 7. The molecule has 0 amide bonds. The number of para-hydroxylation sites is 2. The molecule has 2 heteroatoms. The maximum Gasteiger partial charge on any atom is 0.0503 e. The van der Waals surface area contributed by atoms with Gasteiger partial charge in [0.2, 0.25) is 0 Å². The van der Waals surface area contributed by atoms with Gasteiger partial charge in [-0.2, -0.15) is 0 Å². The van der Waals surface area contributed by atoms with Gasteiger partial charge in [-0.3, -0.25) is 0 Å². The van der Waals surface area contributed by atoms with Gasteiger partial charge in [-0.05, 0) is 151 Å². The molecule has 10 aromatic carbocycles. The first-order chi connectivity index (χ1) is 33.2. The Morgan fingerprint density at radius 1 is 0.221 bits per heavy atom. The summed E-state index contributed by atoms with van der Waals surface area (Å²) in [5, 5.41) is 0. The zero-order valence-corrected chi connectivity index (χ0v) is 39.0. The molecular formula is C66H52N2. The van der Waals surface area contributed by atoms with E-state index in [0.29, 0.717) is 0 Å². The van der Waals surface area contributed by atoms with Gasteiger partial charge in [0.25, 0.3) is 0 Å². The van der Waals surface area contributed by atoms with Crippen molar-refractivity contribution in [3.63, 3.8) is 0 Å². The minimum Gasteiger partial charge on any atom is -0.310 e. The summed E-state index contributed by atoms with van der Waals surface area (Å²) >= 11 is 0. The largest absolute Gasteiger partial charge is 0.310 e. The molecule has 0 saturated heterocycles. The fourth-order valence-corrected chi connectivity index (χ4v) is 11.0. The highest BCUT2D eigenvalue weighted by Crippen LogP contribution is 2.56. The van der Waals surface area contributed by atoms with Crippen molar-refractivity contribution in [2.45, 2.75) is 38.5 Å². The van der Waals surface area contributed by atoms with Crippen molar-refractivity contribution in [2.24, 2.45) is 0 Å². The molecule has 0 radical (unpaired) electrons. The molecule has 10 aromatic rings. The quantitative estimate of drug-likeness (QED) is 0.157. The minimum absolute atomic E-state index is 0.263. The molecule has 2 nitrogen and oxygen atoms in total. The molecule has 0 atom stereocenters. The molecule has 0 spiro atoms. The number of benzene rings is 10. The lowest BCUT2D eigenvalue weighted by Crippen LogP contribution is -2.31. The number of anilines is 6. The second-order valence-corrected chi connectivity index (χ2v) is 19.4. The van der Waals surface area contributed by atoms with Crippen LogP contribution in [0.5, 0.6) is 0 Å². The predicted octanol–water partition coefficient (Wildman–Crippen LogP) is 18.2. The molecule has 2 aliphatic heterocycles. The van der Waals surface area contributed by atoms with Crippen LogP contribution in [-0.4, -0.2) is 0 Å². The maximum atomic E-state index is 2.50. The van der Waals surface area contributed by atoms with Crippen molar-refractivity contribution in [2.75, 3.05) is 9.80 Å². The van der Waals surface area contributed by atoms with Crippen molar-refractivity contribution < 1.29 is 0 Å². The summed E-state index contributed by atoms with van der Waals surface area (Å²) in [4.78, 5) is 4.99. The van der Waals surface area contributed by atoms with Crippen LogP contribution in [0.2, 0.25) is 0 Å². The lowest BCUT2D eigenvalue weighted by atomic mass is 9.71. The van der Waals surface area contributed by atoms with Crippen LogP contribution in [-0.2, 0) is 10.8 Å². The van der Waals surface area contributed by atoms with E-state index >= 15 is 0 Å². The van der Waals surface area contributed by atoms with E-state index in [-0.39, 0.29) is 10.8 Å². The average Bonchev–Trinajstić information content (AvgIpc) is 3.39. The van der Waals surface area contributed by atoms with Gasteiger partial charge in [0.1, 0.15) is 0 Å². The number of nitrogens with zero attached hydrogens (tertiary/aromatic N) is 2. The Balaban J connectivity index is 1.01. The Kier molecular flexibility index (Phi) is 9.88. The Morgan fingerprint density at radius 3 is 0.824 bits per heavy atom. The van der Waals surface area contributed by atoms with E-state index in [1.807, 2.05) is 0 Å². The SMILES string of the molecule is CC1(C)c2ccccc2N(c2cc(-c3ccccc3)cc(-c3ccccc3)c2)c2ccc(-c3ccc4c(c3)C(C)(C)c3ccccc3N4c3cc(-c4ccccc4)cc(-c4ccccc4)c3)cc21. The van der Waals surface area contributed by atoms with Crippen molar-refractivity contribution in [1.82, 2.24) is 0 Å². The van der Waals surface area contributed by atoms with Gasteiger partial charge >= 0.3 is 0 Å².